The monoisotopic (exact) mass is 261 g/mol. The van der Waals surface area contributed by atoms with Crippen LogP contribution in [0.3, 0.4) is 0 Å². The van der Waals surface area contributed by atoms with Gasteiger partial charge >= 0.3 is 0 Å². The fourth-order valence-electron chi connectivity index (χ4n) is 2.51. The molecule has 1 saturated heterocycles. The molecule has 0 spiro atoms. The molecule has 0 radical (unpaired) electrons. The molecular weight excluding hydrogens is 242 g/mol. The summed E-state index contributed by atoms with van der Waals surface area (Å²) in [4.78, 5) is 4.75. The molecule has 1 aliphatic heterocycles. The van der Waals surface area contributed by atoms with Crippen molar-refractivity contribution >= 4 is 11.0 Å². The summed E-state index contributed by atoms with van der Waals surface area (Å²) in [6, 6.07) is 8.38. The average Bonchev–Trinajstić information content (AvgIpc) is 2.85. The predicted octanol–water partition coefficient (Wildman–Crippen LogP) is 1.34. The second kappa shape index (κ2) is 5.69. The van der Waals surface area contributed by atoms with E-state index in [2.05, 4.69) is 16.0 Å². The molecule has 2 heterocycles. The first-order valence-electron chi connectivity index (χ1n) is 6.65. The Hall–Kier alpha value is -1.43. The highest BCUT2D eigenvalue weighted by Gasteiger charge is 2.22. The summed E-state index contributed by atoms with van der Waals surface area (Å²) < 4.78 is 13.0. The number of benzene rings is 1. The quantitative estimate of drug-likeness (QED) is 0.902. The van der Waals surface area contributed by atoms with Gasteiger partial charge in [0.2, 0.25) is 0 Å². The lowest BCUT2D eigenvalue weighted by atomic mass is 10.2. The summed E-state index contributed by atoms with van der Waals surface area (Å²) in [7, 11) is 1.72. The van der Waals surface area contributed by atoms with Crippen LogP contribution in [0.4, 0.5) is 0 Å². The topological polar surface area (TPSA) is 48.3 Å². The van der Waals surface area contributed by atoms with Gasteiger partial charge in [-0.2, -0.15) is 0 Å². The maximum Gasteiger partial charge on any atom is 0.129 e. The number of hydrogen-bond donors (Lipinski definition) is 1. The highest BCUT2D eigenvalue weighted by atomic mass is 16.5. The van der Waals surface area contributed by atoms with E-state index in [1.807, 2.05) is 18.2 Å². The zero-order chi connectivity index (χ0) is 13.1. The molecule has 19 heavy (non-hydrogen) atoms. The second-order valence-electron chi connectivity index (χ2n) is 4.68. The lowest BCUT2D eigenvalue weighted by Crippen LogP contribution is -2.36. The van der Waals surface area contributed by atoms with Crippen LogP contribution in [0.5, 0.6) is 0 Å². The second-order valence-corrected chi connectivity index (χ2v) is 4.68. The Bertz CT molecular complexity index is 547. The van der Waals surface area contributed by atoms with Gasteiger partial charge in [-0.15, -0.1) is 0 Å². The van der Waals surface area contributed by atoms with Gasteiger partial charge in [-0.3, -0.25) is 0 Å². The molecule has 1 unspecified atom stereocenters. The smallest absolute Gasteiger partial charge is 0.129 e. The van der Waals surface area contributed by atoms with Crippen molar-refractivity contribution in [2.75, 3.05) is 33.5 Å². The van der Waals surface area contributed by atoms with E-state index in [1.165, 1.54) is 0 Å². The molecule has 5 heteroatoms. The summed E-state index contributed by atoms with van der Waals surface area (Å²) >= 11 is 0. The first-order valence-corrected chi connectivity index (χ1v) is 6.65. The molecule has 1 aliphatic rings. The van der Waals surface area contributed by atoms with Gasteiger partial charge in [0, 0.05) is 20.2 Å². The van der Waals surface area contributed by atoms with Crippen molar-refractivity contribution in [2.24, 2.45) is 0 Å². The normalized spacial score (nSPS) is 19.9. The van der Waals surface area contributed by atoms with Crippen molar-refractivity contribution < 1.29 is 9.47 Å². The molecule has 0 aliphatic carbocycles. The number of hydrogen-bond acceptors (Lipinski definition) is 4. The van der Waals surface area contributed by atoms with E-state index in [4.69, 9.17) is 14.5 Å². The van der Waals surface area contributed by atoms with Crippen LogP contribution in [-0.2, 0) is 16.0 Å². The van der Waals surface area contributed by atoms with Crippen LogP contribution >= 0.6 is 0 Å². The minimum absolute atomic E-state index is 0.165. The summed E-state index contributed by atoms with van der Waals surface area (Å²) in [6.07, 6.45) is 0. The predicted molar refractivity (Wildman–Crippen MR) is 73.2 cm³/mol. The third-order valence-electron chi connectivity index (χ3n) is 3.44. The average molecular weight is 261 g/mol. The highest BCUT2D eigenvalue weighted by Crippen LogP contribution is 2.22. The molecule has 0 bridgehead atoms. The van der Waals surface area contributed by atoms with Crippen molar-refractivity contribution in [1.82, 2.24) is 14.9 Å². The SMILES string of the molecule is COCCn1c(C2COCCN2)nc2ccccc21. The molecule has 1 N–H and O–H groups in total. The molecule has 1 aromatic heterocycles. The number of nitrogens with one attached hydrogen (secondary N) is 1. The van der Waals surface area contributed by atoms with Gasteiger partial charge in [0.1, 0.15) is 5.82 Å². The minimum Gasteiger partial charge on any atom is -0.383 e. The van der Waals surface area contributed by atoms with E-state index in [-0.39, 0.29) is 6.04 Å². The Balaban J connectivity index is 2.00. The van der Waals surface area contributed by atoms with Crippen LogP contribution in [0, 0.1) is 0 Å². The van der Waals surface area contributed by atoms with Crippen molar-refractivity contribution in [1.29, 1.82) is 0 Å². The Kier molecular flexibility index (Phi) is 3.77. The molecule has 1 atom stereocenters. The largest absolute Gasteiger partial charge is 0.383 e. The molecule has 2 aromatic rings. The van der Waals surface area contributed by atoms with Crippen LogP contribution in [0.2, 0.25) is 0 Å². The lowest BCUT2D eigenvalue weighted by Gasteiger charge is -2.24. The number of aromatic nitrogens is 2. The van der Waals surface area contributed by atoms with Gasteiger partial charge < -0.3 is 19.4 Å². The lowest BCUT2D eigenvalue weighted by molar-refractivity contribution is 0.0726. The van der Waals surface area contributed by atoms with Gasteiger partial charge in [0.15, 0.2) is 0 Å². The fraction of sp³-hybridized carbons (Fsp3) is 0.500. The number of morpholine rings is 1. The molecule has 0 saturated carbocycles. The maximum atomic E-state index is 5.54. The van der Waals surface area contributed by atoms with Crippen molar-refractivity contribution in [3.8, 4) is 0 Å². The Morgan fingerprint density at radius 2 is 2.37 bits per heavy atom. The molecular formula is C14H19N3O2. The molecule has 1 aromatic carbocycles. The minimum atomic E-state index is 0.165. The van der Waals surface area contributed by atoms with Crippen LogP contribution in [0.15, 0.2) is 24.3 Å². The van der Waals surface area contributed by atoms with Crippen LogP contribution in [0.1, 0.15) is 11.9 Å². The van der Waals surface area contributed by atoms with Crippen LogP contribution in [-0.4, -0.2) is 43.0 Å². The van der Waals surface area contributed by atoms with E-state index in [9.17, 15) is 0 Å². The standard InChI is InChI=1S/C14H19N3O2/c1-18-9-7-17-13-5-3-2-4-11(13)16-14(17)12-10-19-8-6-15-12/h2-5,12,15H,6-10H2,1H3. The molecule has 102 valence electrons. The fourth-order valence-corrected chi connectivity index (χ4v) is 2.51. The number of methoxy groups -OCH3 is 1. The Morgan fingerprint density at radius 1 is 1.47 bits per heavy atom. The Morgan fingerprint density at radius 3 is 3.16 bits per heavy atom. The summed E-state index contributed by atoms with van der Waals surface area (Å²) in [5, 5.41) is 3.46. The summed E-state index contributed by atoms with van der Waals surface area (Å²) in [5.74, 6) is 1.04. The van der Waals surface area contributed by atoms with Crippen molar-refractivity contribution in [3.05, 3.63) is 30.1 Å². The van der Waals surface area contributed by atoms with E-state index in [0.29, 0.717) is 13.2 Å². The summed E-state index contributed by atoms with van der Waals surface area (Å²) in [5.41, 5.74) is 2.18. The van der Waals surface area contributed by atoms with Crippen molar-refractivity contribution in [3.63, 3.8) is 0 Å². The maximum absolute atomic E-state index is 5.54. The van der Waals surface area contributed by atoms with E-state index in [0.717, 1.165) is 36.6 Å². The third kappa shape index (κ3) is 2.49. The van der Waals surface area contributed by atoms with Gasteiger partial charge in [0.05, 0.1) is 36.9 Å². The first kappa shape index (κ1) is 12.6. The zero-order valence-electron chi connectivity index (χ0n) is 11.1. The van der Waals surface area contributed by atoms with Gasteiger partial charge in [0.25, 0.3) is 0 Å². The number of para-hydroxylation sites is 2. The first-order chi connectivity index (χ1) is 9.40. The molecule has 5 nitrogen and oxygen atoms in total. The third-order valence-corrected chi connectivity index (χ3v) is 3.44. The zero-order valence-corrected chi connectivity index (χ0v) is 11.1. The molecule has 3 rings (SSSR count). The van der Waals surface area contributed by atoms with Gasteiger partial charge in [-0.05, 0) is 12.1 Å². The number of fused-ring (bicyclic) bond motifs is 1. The van der Waals surface area contributed by atoms with E-state index < -0.39 is 0 Å². The van der Waals surface area contributed by atoms with Gasteiger partial charge in [-0.25, -0.2) is 4.98 Å². The van der Waals surface area contributed by atoms with Crippen LogP contribution < -0.4 is 5.32 Å². The number of imidazole rings is 1. The molecule has 1 fully saturated rings. The van der Waals surface area contributed by atoms with Crippen molar-refractivity contribution in [2.45, 2.75) is 12.6 Å². The van der Waals surface area contributed by atoms with E-state index in [1.54, 1.807) is 7.11 Å². The summed E-state index contributed by atoms with van der Waals surface area (Å²) in [6.45, 7) is 3.81. The highest BCUT2D eigenvalue weighted by molar-refractivity contribution is 5.76. The number of ether oxygens (including phenoxy) is 2. The Labute approximate surface area is 112 Å². The number of nitrogens with zero attached hydrogens (tertiary/aromatic N) is 2. The van der Waals surface area contributed by atoms with Crippen LogP contribution in [0.25, 0.3) is 11.0 Å². The van der Waals surface area contributed by atoms with Gasteiger partial charge in [-0.1, -0.05) is 12.1 Å². The number of rotatable bonds is 4. The van der Waals surface area contributed by atoms with E-state index >= 15 is 0 Å². The molecule has 0 amide bonds.